The average Bonchev–Trinajstić information content (AvgIpc) is 2.22. The molecule has 106 valence electrons. The van der Waals surface area contributed by atoms with E-state index in [1.807, 2.05) is 20.8 Å². The van der Waals surface area contributed by atoms with Gasteiger partial charge >= 0.3 is 0 Å². The zero-order valence-electron chi connectivity index (χ0n) is 12.4. The molecule has 2 N–H and O–H groups in total. The molecule has 0 saturated carbocycles. The van der Waals surface area contributed by atoms with Gasteiger partial charge in [-0.25, -0.2) is 0 Å². The van der Waals surface area contributed by atoms with Crippen LogP contribution in [0.2, 0.25) is 0 Å². The Morgan fingerprint density at radius 2 is 2.11 bits per heavy atom. The third-order valence-corrected chi connectivity index (χ3v) is 3.20. The Balaban J connectivity index is 2.06. The first-order valence-corrected chi connectivity index (χ1v) is 7.07. The Kier molecular flexibility index (Phi) is 6.09. The summed E-state index contributed by atoms with van der Waals surface area (Å²) in [4.78, 5) is 14.0. The Bertz CT molecular complexity index is 260. The summed E-state index contributed by atoms with van der Waals surface area (Å²) in [5.41, 5.74) is -0.122. The number of piperidine rings is 1. The Hall–Kier alpha value is -0.610. The van der Waals surface area contributed by atoms with Gasteiger partial charge in [0.1, 0.15) is 0 Å². The molecule has 0 aromatic rings. The van der Waals surface area contributed by atoms with Gasteiger partial charge in [0.15, 0.2) is 0 Å². The lowest BCUT2D eigenvalue weighted by molar-refractivity contribution is -0.122. The molecule has 0 aliphatic carbocycles. The van der Waals surface area contributed by atoms with Crippen LogP contribution in [0.1, 0.15) is 40.0 Å². The number of carbonyl (C=O) groups excluding carboxylic acids is 1. The quantitative estimate of drug-likeness (QED) is 0.726. The van der Waals surface area contributed by atoms with E-state index in [4.69, 9.17) is 0 Å². The molecule has 0 bridgehead atoms. The largest absolute Gasteiger partial charge is 0.351 e. The van der Waals surface area contributed by atoms with Crippen molar-refractivity contribution in [1.29, 1.82) is 0 Å². The predicted molar refractivity (Wildman–Crippen MR) is 75.6 cm³/mol. The number of hydrogen-bond donors (Lipinski definition) is 2. The molecule has 18 heavy (non-hydrogen) atoms. The fourth-order valence-corrected chi connectivity index (χ4v) is 2.43. The molecule has 1 atom stereocenters. The highest BCUT2D eigenvalue weighted by molar-refractivity contribution is 5.76. The van der Waals surface area contributed by atoms with Gasteiger partial charge in [-0.05, 0) is 59.7 Å². The monoisotopic (exact) mass is 255 g/mol. The zero-order valence-corrected chi connectivity index (χ0v) is 12.4. The fraction of sp³-hybridized carbons (Fsp3) is 0.929. The zero-order chi connectivity index (χ0) is 13.6. The second-order valence-corrected chi connectivity index (χ2v) is 6.52. The van der Waals surface area contributed by atoms with Crippen molar-refractivity contribution in [2.75, 3.05) is 33.2 Å². The summed E-state index contributed by atoms with van der Waals surface area (Å²) in [6.07, 6.45) is 3.18. The van der Waals surface area contributed by atoms with E-state index in [9.17, 15) is 4.79 Å². The van der Waals surface area contributed by atoms with Gasteiger partial charge in [0.05, 0.1) is 0 Å². The number of amides is 1. The number of rotatable bonds is 5. The SMILES string of the molecule is CN1CCCC(CNCCC(=O)NC(C)(C)C)C1. The smallest absolute Gasteiger partial charge is 0.221 e. The summed E-state index contributed by atoms with van der Waals surface area (Å²) in [5, 5.41) is 6.38. The maximum absolute atomic E-state index is 11.6. The highest BCUT2D eigenvalue weighted by Crippen LogP contribution is 2.13. The molecule has 0 aromatic carbocycles. The van der Waals surface area contributed by atoms with Crippen LogP contribution in [-0.4, -0.2) is 49.6 Å². The molecular weight excluding hydrogens is 226 g/mol. The van der Waals surface area contributed by atoms with Gasteiger partial charge in [-0.3, -0.25) is 4.79 Å². The van der Waals surface area contributed by atoms with Crippen molar-refractivity contribution in [2.45, 2.75) is 45.6 Å². The fourth-order valence-electron chi connectivity index (χ4n) is 2.43. The molecule has 1 heterocycles. The first-order chi connectivity index (χ1) is 8.37. The molecule has 1 amide bonds. The molecule has 0 aromatic heterocycles. The first-order valence-electron chi connectivity index (χ1n) is 7.07. The average molecular weight is 255 g/mol. The Labute approximate surface area is 111 Å². The van der Waals surface area contributed by atoms with E-state index in [0.29, 0.717) is 6.42 Å². The minimum atomic E-state index is -0.122. The van der Waals surface area contributed by atoms with Gasteiger partial charge in [-0.2, -0.15) is 0 Å². The van der Waals surface area contributed by atoms with Crippen LogP contribution in [0.15, 0.2) is 0 Å². The van der Waals surface area contributed by atoms with Crippen molar-refractivity contribution >= 4 is 5.91 Å². The first kappa shape index (κ1) is 15.4. The lowest BCUT2D eigenvalue weighted by atomic mass is 9.98. The van der Waals surface area contributed by atoms with Crippen LogP contribution in [0, 0.1) is 5.92 Å². The molecule has 4 nitrogen and oxygen atoms in total. The van der Waals surface area contributed by atoms with Gasteiger partial charge in [0, 0.05) is 25.0 Å². The van der Waals surface area contributed by atoms with E-state index in [-0.39, 0.29) is 11.4 Å². The maximum atomic E-state index is 11.6. The van der Waals surface area contributed by atoms with E-state index < -0.39 is 0 Å². The van der Waals surface area contributed by atoms with Crippen molar-refractivity contribution in [1.82, 2.24) is 15.5 Å². The van der Waals surface area contributed by atoms with Crippen LogP contribution in [0.4, 0.5) is 0 Å². The van der Waals surface area contributed by atoms with Gasteiger partial charge in [-0.1, -0.05) is 0 Å². The number of hydrogen-bond acceptors (Lipinski definition) is 3. The minimum Gasteiger partial charge on any atom is -0.351 e. The summed E-state index contributed by atoms with van der Waals surface area (Å²) in [6.45, 7) is 10.3. The lowest BCUT2D eigenvalue weighted by Gasteiger charge is -2.29. The third-order valence-electron chi connectivity index (χ3n) is 3.20. The molecule has 1 rings (SSSR count). The van der Waals surface area contributed by atoms with Crippen LogP contribution in [-0.2, 0) is 4.79 Å². The van der Waals surface area contributed by atoms with Crippen molar-refractivity contribution in [3.63, 3.8) is 0 Å². The number of nitrogens with zero attached hydrogens (tertiary/aromatic N) is 1. The molecule has 1 aliphatic rings. The highest BCUT2D eigenvalue weighted by Gasteiger charge is 2.17. The van der Waals surface area contributed by atoms with Crippen molar-refractivity contribution in [3.8, 4) is 0 Å². The minimum absolute atomic E-state index is 0.122. The number of likely N-dealkylation sites (tertiary alicyclic amines) is 1. The van der Waals surface area contributed by atoms with Crippen molar-refractivity contribution in [3.05, 3.63) is 0 Å². The van der Waals surface area contributed by atoms with Gasteiger partial charge in [0.25, 0.3) is 0 Å². The topological polar surface area (TPSA) is 44.4 Å². The van der Waals surface area contributed by atoms with Crippen molar-refractivity contribution < 1.29 is 4.79 Å². The molecule has 0 radical (unpaired) electrons. The maximum Gasteiger partial charge on any atom is 0.221 e. The van der Waals surface area contributed by atoms with Crippen molar-refractivity contribution in [2.24, 2.45) is 5.92 Å². The van der Waals surface area contributed by atoms with E-state index in [1.165, 1.54) is 25.9 Å². The van der Waals surface area contributed by atoms with Crippen LogP contribution < -0.4 is 10.6 Å². The predicted octanol–water partition coefficient (Wildman–Crippen LogP) is 1.22. The summed E-state index contributed by atoms with van der Waals surface area (Å²) in [6, 6.07) is 0. The third kappa shape index (κ3) is 6.97. The second-order valence-electron chi connectivity index (χ2n) is 6.52. The molecule has 1 fully saturated rings. The molecule has 4 heteroatoms. The molecule has 1 aliphatic heterocycles. The summed E-state index contributed by atoms with van der Waals surface area (Å²) in [7, 11) is 2.18. The Morgan fingerprint density at radius 3 is 2.72 bits per heavy atom. The molecular formula is C14H29N3O. The standard InChI is InChI=1S/C14H29N3O/c1-14(2,3)16-13(18)7-8-15-10-12-6-5-9-17(4)11-12/h12,15H,5-11H2,1-4H3,(H,16,18). The lowest BCUT2D eigenvalue weighted by Crippen LogP contribution is -2.42. The van der Waals surface area contributed by atoms with Crippen LogP contribution in [0.25, 0.3) is 0 Å². The second kappa shape index (κ2) is 7.10. The number of carbonyl (C=O) groups is 1. The van der Waals surface area contributed by atoms with E-state index in [0.717, 1.165) is 19.0 Å². The molecule has 1 saturated heterocycles. The molecule has 0 spiro atoms. The normalized spacial score (nSPS) is 21.9. The van der Waals surface area contributed by atoms with E-state index in [1.54, 1.807) is 0 Å². The number of nitrogens with one attached hydrogen (secondary N) is 2. The van der Waals surface area contributed by atoms with Crippen LogP contribution in [0.5, 0.6) is 0 Å². The Morgan fingerprint density at radius 1 is 1.39 bits per heavy atom. The van der Waals surface area contributed by atoms with Crippen LogP contribution in [0.3, 0.4) is 0 Å². The summed E-state index contributed by atoms with van der Waals surface area (Å²) < 4.78 is 0. The summed E-state index contributed by atoms with van der Waals surface area (Å²) in [5.74, 6) is 0.880. The van der Waals surface area contributed by atoms with Gasteiger partial charge in [0.2, 0.25) is 5.91 Å². The highest BCUT2D eigenvalue weighted by atomic mass is 16.1. The van der Waals surface area contributed by atoms with Crippen LogP contribution >= 0.6 is 0 Å². The van der Waals surface area contributed by atoms with Gasteiger partial charge in [-0.15, -0.1) is 0 Å². The summed E-state index contributed by atoms with van der Waals surface area (Å²) >= 11 is 0. The molecule has 1 unspecified atom stereocenters. The van der Waals surface area contributed by atoms with E-state index in [2.05, 4.69) is 22.6 Å². The van der Waals surface area contributed by atoms with E-state index >= 15 is 0 Å². The van der Waals surface area contributed by atoms with Gasteiger partial charge < -0.3 is 15.5 Å².